The van der Waals surface area contributed by atoms with E-state index in [2.05, 4.69) is 5.32 Å². The minimum absolute atomic E-state index is 0.0237. The molecule has 4 rings (SSSR count). The fraction of sp³-hybridized carbons (Fsp3) is 0.0417. The molecule has 1 N–H and O–H groups in total. The van der Waals surface area contributed by atoms with Crippen molar-refractivity contribution in [2.75, 3.05) is 5.32 Å². The Balaban J connectivity index is 1.44. The average Bonchev–Trinajstić information content (AvgIpc) is 3.29. The molecule has 0 aliphatic heterocycles. The maximum Gasteiger partial charge on any atom is 0.291 e. The highest BCUT2D eigenvalue weighted by molar-refractivity contribution is 7.99. The lowest BCUT2D eigenvalue weighted by atomic mass is 10.3. The van der Waals surface area contributed by atoms with Crippen molar-refractivity contribution in [3.05, 3.63) is 108 Å². The number of anilines is 1. The van der Waals surface area contributed by atoms with Crippen molar-refractivity contribution in [3.8, 4) is 5.75 Å². The minimum Gasteiger partial charge on any atom is -0.479 e. The number of hydrogen-bond acceptors (Lipinski definition) is 4. The van der Waals surface area contributed by atoms with E-state index in [1.165, 1.54) is 23.9 Å². The fourth-order valence-electron chi connectivity index (χ4n) is 2.86. The Bertz CT molecular complexity index is 1270. The molecule has 9 heteroatoms. The van der Waals surface area contributed by atoms with Gasteiger partial charge < -0.3 is 14.5 Å². The number of carbonyl (C=O) groups excluding carboxylic acids is 1. The lowest BCUT2D eigenvalue weighted by Crippen LogP contribution is -2.11. The fourth-order valence-corrected chi connectivity index (χ4v) is 3.78. The maximum absolute atomic E-state index is 13.7. The van der Waals surface area contributed by atoms with Crippen LogP contribution >= 0.6 is 11.8 Å². The van der Waals surface area contributed by atoms with Gasteiger partial charge in [-0.15, -0.1) is 0 Å². The number of ether oxygens (including phenoxy) is 1. The van der Waals surface area contributed by atoms with Crippen LogP contribution in [0.2, 0.25) is 0 Å². The Kier molecular flexibility index (Phi) is 6.69. The van der Waals surface area contributed by atoms with E-state index in [9.17, 15) is 22.4 Å². The number of hydrogen-bond donors (Lipinski definition) is 1. The first kappa shape index (κ1) is 22.5. The number of halogens is 4. The molecule has 168 valence electrons. The van der Waals surface area contributed by atoms with Crippen molar-refractivity contribution in [2.24, 2.45) is 0 Å². The summed E-state index contributed by atoms with van der Waals surface area (Å²) in [6.07, 6.45) is 0. The van der Waals surface area contributed by atoms with Gasteiger partial charge in [-0.2, -0.15) is 8.78 Å². The molecule has 3 aromatic carbocycles. The van der Waals surface area contributed by atoms with E-state index in [0.717, 1.165) is 9.79 Å². The van der Waals surface area contributed by atoms with Crippen LogP contribution in [0.15, 0.2) is 87.0 Å². The highest BCUT2D eigenvalue weighted by Crippen LogP contribution is 2.33. The zero-order valence-electron chi connectivity index (χ0n) is 16.8. The molecule has 1 amide bonds. The van der Waals surface area contributed by atoms with E-state index < -0.39 is 41.5 Å². The highest BCUT2D eigenvalue weighted by Gasteiger charge is 2.21. The summed E-state index contributed by atoms with van der Waals surface area (Å²) in [5, 5.41) is 2.75. The molecule has 0 atom stereocenters. The molecule has 0 radical (unpaired) electrons. The summed E-state index contributed by atoms with van der Waals surface area (Å²) in [6, 6.07) is 19.6. The summed E-state index contributed by atoms with van der Waals surface area (Å²) in [5.41, 5.74) is 0.560. The molecule has 0 aliphatic carbocycles. The largest absolute Gasteiger partial charge is 0.479 e. The molecular formula is C24H15F4NO3S. The minimum atomic E-state index is -1.66. The van der Waals surface area contributed by atoms with Crippen LogP contribution in [0.4, 0.5) is 23.2 Å². The number of amides is 1. The average molecular weight is 473 g/mol. The molecule has 4 aromatic rings. The highest BCUT2D eigenvalue weighted by atomic mass is 32.2. The molecule has 0 aliphatic rings. The summed E-state index contributed by atoms with van der Waals surface area (Å²) in [5.74, 6) is -8.32. The maximum atomic E-state index is 13.7. The Morgan fingerprint density at radius 3 is 2.27 bits per heavy atom. The Morgan fingerprint density at radius 1 is 0.879 bits per heavy atom. The summed E-state index contributed by atoms with van der Waals surface area (Å²) in [7, 11) is 0. The lowest BCUT2D eigenvalue weighted by Gasteiger charge is -2.10. The van der Waals surface area contributed by atoms with Gasteiger partial charge in [-0.3, -0.25) is 4.79 Å². The van der Waals surface area contributed by atoms with Crippen LogP contribution in [0, 0.1) is 23.3 Å². The van der Waals surface area contributed by atoms with Crippen molar-refractivity contribution in [1.82, 2.24) is 0 Å². The Labute approximate surface area is 190 Å². The van der Waals surface area contributed by atoms with Crippen LogP contribution in [0.3, 0.4) is 0 Å². The van der Waals surface area contributed by atoms with E-state index in [0.29, 0.717) is 5.69 Å². The second-order valence-corrected chi connectivity index (χ2v) is 7.83. The van der Waals surface area contributed by atoms with Crippen LogP contribution in [-0.4, -0.2) is 5.91 Å². The van der Waals surface area contributed by atoms with Gasteiger partial charge in [-0.25, -0.2) is 8.78 Å². The molecule has 1 heterocycles. The Morgan fingerprint density at radius 2 is 1.55 bits per heavy atom. The van der Waals surface area contributed by atoms with Gasteiger partial charge in [0.1, 0.15) is 12.4 Å². The zero-order chi connectivity index (χ0) is 23.4. The molecule has 33 heavy (non-hydrogen) atoms. The van der Waals surface area contributed by atoms with Gasteiger partial charge in [0, 0.05) is 15.9 Å². The van der Waals surface area contributed by atoms with Crippen molar-refractivity contribution < 1.29 is 31.5 Å². The molecule has 0 fully saturated rings. The monoisotopic (exact) mass is 473 g/mol. The third kappa shape index (κ3) is 5.20. The predicted octanol–water partition coefficient (Wildman–Crippen LogP) is 6.82. The van der Waals surface area contributed by atoms with Gasteiger partial charge >= 0.3 is 0 Å². The molecule has 0 bridgehead atoms. The van der Waals surface area contributed by atoms with Gasteiger partial charge in [-0.05, 0) is 36.4 Å². The van der Waals surface area contributed by atoms with E-state index in [1.54, 1.807) is 12.1 Å². The van der Waals surface area contributed by atoms with Crippen LogP contribution < -0.4 is 10.1 Å². The number of para-hydroxylation sites is 1. The van der Waals surface area contributed by atoms with Gasteiger partial charge in [0.05, 0.1) is 5.69 Å². The normalized spacial score (nSPS) is 10.8. The first-order valence-electron chi connectivity index (χ1n) is 9.60. The van der Waals surface area contributed by atoms with Crippen molar-refractivity contribution >= 4 is 23.4 Å². The molecule has 0 unspecified atom stereocenters. The molecule has 0 saturated heterocycles. The smallest absolute Gasteiger partial charge is 0.291 e. The second kappa shape index (κ2) is 9.83. The quantitative estimate of drug-likeness (QED) is 0.236. The molecule has 0 spiro atoms. The first-order chi connectivity index (χ1) is 15.9. The summed E-state index contributed by atoms with van der Waals surface area (Å²) >= 11 is 1.47. The number of furan rings is 1. The summed E-state index contributed by atoms with van der Waals surface area (Å²) in [4.78, 5) is 14.4. The molecule has 4 nitrogen and oxygen atoms in total. The third-order valence-electron chi connectivity index (χ3n) is 4.42. The van der Waals surface area contributed by atoms with Gasteiger partial charge in [0.15, 0.2) is 23.1 Å². The number of benzene rings is 3. The first-order valence-corrected chi connectivity index (χ1v) is 10.4. The third-order valence-corrected chi connectivity index (χ3v) is 5.51. The molecule has 1 aromatic heterocycles. The second-order valence-electron chi connectivity index (χ2n) is 6.72. The van der Waals surface area contributed by atoms with Gasteiger partial charge in [-0.1, -0.05) is 42.1 Å². The van der Waals surface area contributed by atoms with E-state index in [4.69, 9.17) is 9.15 Å². The number of nitrogens with one attached hydrogen (secondary N) is 1. The number of rotatable bonds is 7. The van der Waals surface area contributed by atoms with Crippen LogP contribution in [0.1, 0.15) is 16.3 Å². The molecule has 0 saturated carbocycles. The van der Waals surface area contributed by atoms with E-state index >= 15 is 0 Å². The zero-order valence-corrected chi connectivity index (χ0v) is 17.6. The van der Waals surface area contributed by atoms with E-state index in [1.807, 2.05) is 42.5 Å². The summed E-state index contributed by atoms with van der Waals surface area (Å²) in [6.45, 7) is -0.551. The Hall–Kier alpha value is -3.72. The number of carbonyl (C=O) groups is 1. The van der Waals surface area contributed by atoms with Crippen molar-refractivity contribution in [2.45, 2.75) is 16.4 Å². The van der Waals surface area contributed by atoms with E-state index in [-0.39, 0.29) is 17.6 Å². The topological polar surface area (TPSA) is 51.5 Å². The van der Waals surface area contributed by atoms with Crippen LogP contribution in [0.25, 0.3) is 0 Å². The van der Waals surface area contributed by atoms with Crippen molar-refractivity contribution in [3.63, 3.8) is 0 Å². The van der Waals surface area contributed by atoms with Crippen molar-refractivity contribution in [1.29, 1.82) is 0 Å². The molecular weight excluding hydrogens is 458 g/mol. The van der Waals surface area contributed by atoms with Gasteiger partial charge in [0.2, 0.25) is 11.6 Å². The van der Waals surface area contributed by atoms with Crippen LogP contribution in [0.5, 0.6) is 5.75 Å². The van der Waals surface area contributed by atoms with Gasteiger partial charge in [0.25, 0.3) is 5.91 Å². The predicted molar refractivity (Wildman–Crippen MR) is 114 cm³/mol. The summed E-state index contributed by atoms with van der Waals surface area (Å²) < 4.78 is 64.2. The standard InChI is InChI=1S/C24H15F4NO3S/c25-16-12-17(26)22(28)23(21(16)27)31-13-14-10-11-19(32-14)24(30)29-18-8-4-5-9-20(18)33-15-6-2-1-3-7-15/h1-12H,13H2,(H,29,30). The SMILES string of the molecule is O=C(Nc1ccccc1Sc1ccccc1)c1ccc(COc2c(F)c(F)cc(F)c2F)o1. The van der Waals surface area contributed by atoms with Crippen LogP contribution in [-0.2, 0) is 6.61 Å². The lowest BCUT2D eigenvalue weighted by molar-refractivity contribution is 0.0992.